The van der Waals surface area contributed by atoms with E-state index >= 15 is 0 Å². The summed E-state index contributed by atoms with van der Waals surface area (Å²) in [7, 11) is 0. The molecule has 2 aromatic carbocycles. The molecule has 0 aliphatic carbocycles. The summed E-state index contributed by atoms with van der Waals surface area (Å²) in [5.41, 5.74) is 0.613. The van der Waals surface area contributed by atoms with E-state index in [0.717, 1.165) is 0 Å². The van der Waals surface area contributed by atoms with Crippen molar-refractivity contribution in [3.8, 4) is 11.5 Å². The number of fused-ring (bicyclic) bond motifs is 1. The number of carbonyl (C=O) groups excluding carboxylic acids is 1. The first kappa shape index (κ1) is 18.2. The average Bonchev–Trinajstić information content (AvgIpc) is 2.62. The molecule has 7 nitrogen and oxygen atoms in total. The first-order valence-corrected chi connectivity index (χ1v) is 7.67. The molecule has 0 unspecified atom stereocenters. The Bertz CT molecular complexity index is 1020. The first-order valence-electron chi connectivity index (χ1n) is 7.67. The molecule has 3 rings (SSSR count). The highest BCUT2D eigenvalue weighted by Crippen LogP contribution is 2.29. The van der Waals surface area contributed by atoms with E-state index in [2.05, 4.69) is 9.72 Å². The number of hydrogen-bond acceptors (Lipinski definition) is 6. The predicted octanol–water partition coefficient (Wildman–Crippen LogP) is 4.27. The Morgan fingerprint density at radius 3 is 2.44 bits per heavy atom. The number of aromatic nitrogens is 1. The highest BCUT2D eigenvalue weighted by Gasteiger charge is 2.18. The summed E-state index contributed by atoms with van der Waals surface area (Å²) in [6.07, 6.45) is 0. The Morgan fingerprint density at radius 1 is 1.11 bits per heavy atom. The van der Waals surface area contributed by atoms with Crippen molar-refractivity contribution < 1.29 is 28.0 Å². The zero-order chi connectivity index (χ0) is 19.6. The van der Waals surface area contributed by atoms with Crippen LogP contribution in [0.15, 0.2) is 48.5 Å². The van der Waals surface area contributed by atoms with E-state index < -0.39 is 17.5 Å². The topological polar surface area (TPSA) is 91.6 Å². The second kappa shape index (κ2) is 7.32. The third-order valence-electron chi connectivity index (χ3n) is 3.65. The molecule has 0 aliphatic rings. The van der Waals surface area contributed by atoms with Crippen LogP contribution in [0, 0.1) is 17.0 Å². The number of benzene rings is 2. The number of pyridine rings is 1. The van der Waals surface area contributed by atoms with Crippen LogP contribution in [0.4, 0.5) is 14.5 Å². The fraction of sp³-hybridized carbons (Fsp3) is 0.111. The third-order valence-corrected chi connectivity index (χ3v) is 3.65. The zero-order valence-electron chi connectivity index (χ0n) is 13.9. The Kier molecular flexibility index (Phi) is 4.93. The molecule has 9 heteroatoms. The van der Waals surface area contributed by atoms with Gasteiger partial charge in [-0.05, 0) is 43.3 Å². The van der Waals surface area contributed by atoms with Gasteiger partial charge < -0.3 is 9.47 Å². The van der Waals surface area contributed by atoms with E-state index in [1.165, 1.54) is 36.4 Å². The Morgan fingerprint density at radius 2 is 1.81 bits per heavy atom. The van der Waals surface area contributed by atoms with Crippen LogP contribution in [0.3, 0.4) is 0 Å². The Labute approximate surface area is 151 Å². The van der Waals surface area contributed by atoms with Gasteiger partial charge in [-0.2, -0.15) is 8.78 Å². The number of hydrogen-bond donors (Lipinski definition) is 0. The van der Waals surface area contributed by atoms with Crippen LogP contribution >= 0.6 is 0 Å². The predicted molar refractivity (Wildman–Crippen MR) is 91.2 cm³/mol. The molecule has 1 heterocycles. The monoisotopic (exact) mass is 374 g/mol. The minimum atomic E-state index is -3.03. The highest BCUT2D eigenvalue weighted by atomic mass is 19.3. The molecule has 0 atom stereocenters. The SMILES string of the molecule is Cc1ccc2c(C(=O)Oc3ccc([N+](=O)[O-])cc3)ccc(OC(F)F)c2n1. The van der Waals surface area contributed by atoms with E-state index in [1.807, 2.05) is 0 Å². The summed E-state index contributed by atoms with van der Waals surface area (Å²) in [5.74, 6) is -0.814. The van der Waals surface area contributed by atoms with Gasteiger partial charge in [0.15, 0.2) is 5.75 Å². The number of ether oxygens (including phenoxy) is 2. The molecule has 0 radical (unpaired) electrons. The summed E-state index contributed by atoms with van der Waals surface area (Å²) in [6, 6.07) is 10.7. The van der Waals surface area contributed by atoms with Gasteiger partial charge in [-0.1, -0.05) is 0 Å². The van der Waals surface area contributed by atoms with Crippen molar-refractivity contribution in [2.45, 2.75) is 13.5 Å². The maximum absolute atomic E-state index is 12.6. The van der Waals surface area contributed by atoms with Crippen molar-refractivity contribution in [2.24, 2.45) is 0 Å². The van der Waals surface area contributed by atoms with Gasteiger partial charge in [-0.3, -0.25) is 10.1 Å². The molecular weight excluding hydrogens is 362 g/mol. The fourth-order valence-corrected chi connectivity index (χ4v) is 2.46. The number of alkyl halides is 2. The van der Waals surface area contributed by atoms with Crippen molar-refractivity contribution >= 4 is 22.6 Å². The molecule has 0 bridgehead atoms. The molecule has 0 spiro atoms. The van der Waals surface area contributed by atoms with E-state index in [1.54, 1.807) is 19.1 Å². The minimum Gasteiger partial charge on any atom is -0.432 e. The van der Waals surface area contributed by atoms with E-state index in [9.17, 15) is 23.7 Å². The Balaban J connectivity index is 1.96. The number of carbonyl (C=O) groups is 1. The van der Waals surface area contributed by atoms with Crippen LogP contribution in [-0.4, -0.2) is 22.5 Å². The summed E-state index contributed by atoms with van der Waals surface area (Å²) in [5, 5.41) is 10.9. The van der Waals surface area contributed by atoms with Crippen LogP contribution in [0.2, 0.25) is 0 Å². The van der Waals surface area contributed by atoms with Crippen molar-refractivity contribution in [3.05, 3.63) is 69.9 Å². The maximum atomic E-state index is 12.6. The van der Waals surface area contributed by atoms with Gasteiger partial charge in [0, 0.05) is 23.2 Å². The third kappa shape index (κ3) is 3.97. The lowest BCUT2D eigenvalue weighted by atomic mass is 10.1. The minimum absolute atomic E-state index is 0.0949. The number of esters is 1. The maximum Gasteiger partial charge on any atom is 0.387 e. The van der Waals surface area contributed by atoms with Crippen molar-refractivity contribution in [2.75, 3.05) is 0 Å². The van der Waals surface area contributed by atoms with Crippen molar-refractivity contribution in [1.82, 2.24) is 4.98 Å². The van der Waals surface area contributed by atoms with Gasteiger partial charge in [0.05, 0.1) is 10.5 Å². The first-order chi connectivity index (χ1) is 12.8. The number of aryl methyl sites for hydroxylation is 1. The lowest BCUT2D eigenvalue weighted by molar-refractivity contribution is -0.384. The molecule has 0 aliphatic heterocycles. The summed E-state index contributed by atoms with van der Waals surface area (Å²) < 4.78 is 34.9. The average molecular weight is 374 g/mol. The van der Waals surface area contributed by atoms with Gasteiger partial charge in [-0.15, -0.1) is 0 Å². The van der Waals surface area contributed by atoms with E-state index in [0.29, 0.717) is 5.69 Å². The standard InChI is InChI=1S/C18H12F2N2O5/c1-10-2-7-13-14(8-9-15(16(13)21-10)27-18(19)20)17(23)26-12-5-3-11(4-6-12)22(24)25/h2-9,18H,1H3. The molecule has 3 aromatic rings. The summed E-state index contributed by atoms with van der Waals surface area (Å²) >= 11 is 0. The number of nitro groups is 1. The van der Waals surface area contributed by atoms with E-state index in [-0.39, 0.29) is 33.7 Å². The lowest BCUT2D eigenvalue weighted by Gasteiger charge is -2.11. The number of rotatable bonds is 5. The molecule has 0 saturated heterocycles. The normalized spacial score (nSPS) is 10.8. The second-order valence-corrected chi connectivity index (χ2v) is 5.48. The smallest absolute Gasteiger partial charge is 0.387 e. The highest BCUT2D eigenvalue weighted by molar-refractivity contribution is 6.05. The molecule has 27 heavy (non-hydrogen) atoms. The molecule has 0 amide bonds. The number of nitrogens with zero attached hydrogens (tertiary/aromatic N) is 2. The van der Waals surface area contributed by atoms with Crippen LogP contribution in [0.25, 0.3) is 10.9 Å². The van der Waals surface area contributed by atoms with Crippen LogP contribution < -0.4 is 9.47 Å². The van der Waals surface area contributed by atoms with Crippen LogP contribution in [0.5, 0.6) is 11.5 Å². The largest absolute Gasteiger partial charge is 0.432 e. The summed E-state index contributed by atoms with van der Waals surface area (Å²) in [4.78, 5) is 26.8. The molecule has 1 aromatic heterocycles. The molecule has 0 fully saturated rings. The molecule has 0 saturated carbocycles. The Hall–Kier alpha value is -3.62. The van der Waals surface area contributed by atoms with Gasteiger partial charge in [0.2, 0.25) is 0 Å². The van der Waals surface area contributed by atoms with Crippen molar-refractivity contribution in [3.63, 3.8) is 0 Å². The fourth-order valence-electron chi connectivity index (χ4n) is 2.46. The van der Waals surface area contributed by atoms with Gasteiger partial charge >= 0.3 is 12.6 Å². The van der Waals surface area contributed by atoms with Gasteiger partial charge in [-0.25, -0.2) is 9.78 Å². The second-order valence-electron chi connectivity index (χ2n) is 5.48. The summed E-state index contributed by atoms with van der Waals surface area (Å²) in [6.45, 7) is -1.36. The quantitative estimate of drug-likeness (QED) is 0.287. The van der Waals surface area contributed by atoms with Gasteiger partial charge in [0.1, 0.15) is 11.3 Å². The van der Waals surface area contributed by atoms with E-state index in [4.69, 9.17) is 4.74 Å². The lowest BCUT2D eigenvalue weighted by Crippen LogP contribution is -2.10. The molecule has 138 valence electrons. The molecule has 0 N–H and O–H groups in total. The number of nitro benzene ring substituents is 1. The molecular formula is C18H12F2N2O5. The van der Waals surface area contributed by atoms with Crippen molar-refractivity contribution in [1.29, 1.82) is 0 Å². The van der Waals surface area contributed by atoms with Crippen LogP contribution in [0.1, 0.15) is 16.1 Å². The number of halogens is 2. The zero-order valence-corrected chi connectivity index (χ0v) is 13.9. The number of non-ortho nitro benzene ring substituents is 1. The van der Waals surface area contributed by atoms with Crippen LogP contribution in [-0.2, 0) is 0 Å². The van der Waals surface area contributed by atoms with Gasteiger partial charge in [0.25, 0.3) is 5.69 Å².